The predicted molar refractivity (Wildman–Crippen MR) is 136 cm³/mol. The Kier molecular flexibility index (Phi) is 7.33. The van der Waals surface area contributed by atoms with Crippen LogP contribution < -0.4 is 15.5 Å². The number of rotatable bonds is 5. The second-order valence-electron chi connectivity index (χ2n) is 9.55. The van der Waals surface area contributed by atoms with Crippen LogP contribution in [-0.4, -0.2) is 78.9 Å². The molecule has 0 radical (unpaired) electrons. The van der Waals surface area contributed by atoms with Crippen molar-refractivity contribution in [2.75, 3.05) is 56.3 Å². The van der Waals surface area contributed by atoms with E-state index in [0.29, 0.717) is 57.6 Å². The zero-order valence-electron chi connectivity index (χ0n) is 21.0. The molecule has 10 heteroatoms. The standard InChI is InChI=1S/C26H34N6O4/c1-3-27-26(34)28-20-6-4-18(5-7-20)23-29-22-14-31(25(33)19-9-12-35-16-19)10-8-21(22)24(30-23)32-11-13-36-15-17(32)2/h4-7,17,19H,3,8-16H2,1-2H3,(H2,27,28,34). The van der Waals surface area contributed by atoms with Crippen molar-refractivity contribution in [3.63, 3.8) is 0 Å². The number of hydrogen-bond donors (Lipinski definition) is 2. The summed E-state index contributed by atoms with van der Waals surface area (Å²) in [7, 11) is 0. The lowest BCUT2D eigenvalue weighted by Gasteiger charge is -2.38. The second kappa shape index (κ2) is 10.8. The van der Waals surface area contributed by atoms with Crippen LogP contribution in [0.4, 0.5) is 16.3 Å². The average molecular weight is 495 g/mol. The van der Waals surface area contributed by atoms with E-state index in [0.717, 1.165) is 42.0 Å². The maximum Gasteiger partial charge on any atom is 0.319 e. The van der Waals surface area contributed by atoms with E-state index in [9.17, 15) is 9.59 Å². The molecule has 10 nitrogen and oxygen atoms in total. The van der Waals surface area contributed by atoms with E-state index in [1.807, 2.05) is 36.1 Å². The molecular formula is C26H34N6O4. The van der Waals surface area contributed by atoms with Crippen molar-refractivity contribution in [3.8, 4) is 11.4 Å². The molecule has 192 valence electrons. The fourth-order valence-electron chi connectivity index (χ4n) is 5.03. The Morgan fingerprint density at radius 2 is 1.89 bits per heavy atom. The number of morpholine rings is 1. The van der Waals surface area contributed by atoms with Gasteiger partial charge in [-0.15, -0.1) is 0 Å². The highest BCUT2D eigenvalue weighted by molar-refractivity contribution is 5.89. The fourth-order valence-corrected chi connectivity index (χ4v) is 5.03. The number of urea groups is 1. The van der Waals surface area contributed by atoms with E-state index in [-0.39, 0.29) is 23.9 Å². The molecule has 2 aromatic rings. The molecule has 4 heterocycles. The van der Waals surface area contributed by atoms with Crippen LogP contribution in [-0.2, 0) is 27.2 Å². The number of fused-ring (bicyclic) bond motifs is 1. The molecule has 0 spiro atoms. The molecule has 2 N–H and O–H groups in total. The molecule has 2 saturated heterocycles. The molecule has 3 aliphatic rings. The highest BCUT2D eigenvalue weighted by atomic mass is 16.5. The van der Waals surface area contributed by atoms with Crippen LogP contribution in [0.2, 0.25) is 0 Å². The molecule has 1 aromatic heterocycles. The van der Waals surface area contributed by atoms with Gasteiger partial charge < -0.3 is 29.9 Å². The maximum atomic E-state index is 13.1. The Balaban J connectivity index is 1.46. The van der Waals surface area contributed by atoms with Crippen molar-refractivity contribution in [1.29, 1.82) is 0 Å². The number of anilines is 2. The van der Waals surface area contributed by atoms with Crippen molar-refractivity contribution in [2.45, 2.75) is 39.3 Å². The summed E-state index contributed by atoms with van der Waals surface area (Å²) in [5.74, 6) is 1.65. The monoisotopic (exact) mass is 494 g/mol. The van der Waals surface area contributed by atoms with Crippen LogP contribution in [0.25, 0.3) is 11.4 Å². The molecule has 2 unspecified atom stereocenters. The van der Waals surface area contributed by atoms with Crippen LogP contribution in [0.1, 0.15) is 31.5 Å². The van der Waals surface area contributed by atoms with Gasteiger partial charge in [-0.2, -0.15) is 0 Å². The van der Waals surface area contributed by atoms with E-state index in [1.54, 1.807) is 0 Å². The number of ether oxygens (including phenoxy) is 2. The lowest BCUT2D eigenvalue weighted by molar-refractivity contribution is -0.136. The highest BCUT2D eigenvalue weighted by Crippen LogP contribution is 2.32. The van der Waals surface area contributed by atoms with Gasteiger partial charge in [-0.1, -0.05) is 0 Å². The molecule has 0 saturated carbocycles. The first kappa shape index (κ1) is 24.5. The Bertz CT molecular complexity index is 1100. The molecule has 36 heavy (non-hydrogen) atoms. The molecule has 0 bridgehead atoms. The molecular weight excluding hydrogens is 460 g/mol. The summed E-state index contributed by atoms with van der Waals surface area (Å²) in [6.45, 7) is 8.95. The van der Waals surface area contributed by atoms with Gasteiger partial charge in [0.05, 0.1) is 44.0 Å². The zero-order chi connectivity index (χ0) is 25.1. The first-order chi connectivity index (χ1) is 17.5. The van der Waals surface area contributed by atoms with E-state index in [2.05, 4.69) is 22.5 Å². The summed E-state index contributed by atoms with van der Waals surface area (Å²) < 4.78 is 11.1. The van der Waals surface area contributed by atoms with Gasteiger partial charge in [0, 0.05) is 43.1 Å². The summed E-state index contributed by atoms with van der Waals surface area (Å²) in [6, 6.07) is 7.48. The number of carbonyl (C=O) groups excluding carboxylic acids is 2. The lowest BCUT2D eigenvalue weighted by atomic mass is 10.0. The van der Waals surface area contributed by atoms with Crippen LogP contribution in [0.5, 0.6) is 0 Å². The van der Waals surface area contributed by atoms with E-state index in [4.69, 9.17) is 19.4 Å². The summed E-state index contributed by atoms with van der Waals surface area (Å²) in [5.41, 5.74) is 3.57. The molecule has 0 aliphatic carbocycles. The number of aromatic nitrogens is 2. The van der Waals surface area contributed by atoms with E-state index in [1.165, 1.54) is 0 Å². The number of carbonyl (C=O) groups is 2. The minimum atomic E-state index is -0.240. The number of nitrogens with zero attached hydrogens (tertiary/aromatic N) is 4. The third-order valence-corrected chi connectivity index (χ3v) is 7.01. The van der Waals surface area contributed by atoms with Crippen LogP contribution in [0, 0.1) is 5.92 Å². The van der Waals surface area contributed by atoms with Gasteiger partial charge in [-0.05, 0) is 51.0 Å². The fraction of sp³-hybridized carbons (Fsp3) is 0.538. The van der Waals surface area contributed by atoms with Crippen molar-refractivity contribution in [1.82, 2.24) is 20.2 Å². The Labute approximate surface area is 211 Å². The number of benzene rings is 1. The summed E-state index contributed by atoms with van der Waals surface area (Å²) in [4.78, 5) is 39.2. The van der Waals surface area contributed by atoms with Gasteiger partial charge in [0.1, 0.15) is 5.82 Å². The third-order valence-electron chi connectivity index (χ3n) is 7.01. The second-order valence-corrected chi connectivity index (χ2v) is 9.55. The topological polar surface area (TPSA) is 109 Å². The van der Waals surface area contributed by atoms with Gasteiger partial charge in [0.15, 0.2) is 5.82 Å². The first-order valence-corrected chi connectivity index (χ1v) is 12.8. The Morgan fingerprint density at radius 3 is 2.61 bits per heavy atom. The Hall–Kier alpha value is -3.24. The lowest BCUT2D eigenvalue weighted by Crippen LogP contribution is -2.46. The molecule has 3 aliphatic heterocycles. The predicted octanol–water partition coefficient (Wildman–Crippen LogP) is 2.43. The molecule has 2 atom stereocenters. The molecule has 5 rings (SSSR count). The highest BCUT2D eigenvalue weighted by Gasteiger charge is 2.33. The van der Waals surface area contributed by atoms with Crippen molar-refractivity contribution in [2.24, 2.45) is 5.92 Å². The quantitative estimate of drug-likeness (QED) is 0.657. The maximum absolute atomic E-state index is 13.1. The van der Waals surface area contributed by atoms with E-state index >= 15 is 0 Å². The summed E-state index contributed by atoms with van der Waals surface area (Å²) in [5, 5.41) is 5.54. The normalized spacial score (nSPS) is 21.7. The van der Waals surface area contributed by atoms with Gasteiger partial charge in [0.2, 0.25) is 5.91 Å². The van der Waals surface area contributed by atoms with Crippen molar-refractivity contribution < 1.29 is 19.1 Å². The molecule has 2 fully saturated rings. The summed E-state index contributed by atoms with van der Waals surface area (Å²) >= 11 is 0. The van der Waals surface area contributed by atoms with Gasteiger partial charge >= 0.3 is 6.03 Å². The minimum Gasteiger partial charge on any atom is -0.381 e. The van der Waals surface area contributed by atoms with Gasteiger partial charge in [-0.3, -0.25) is 4.79 Å². The van der Waals surface area contributed by atoms with Crippen LogP contribution in [0.15, 0.2) is 24.3 Å². The summed E-state index contributed by atoms with van der Waals surface area (Å²) in [6.07, 6.45) is 1.51. The van der Waals surface area contributed by atoms with E-state index < -0.39 is 0 Å². The van der Waals surface area contributed by atoms with Gasteiger partial charge in [-0.25, -0.2) is 14.8 Å². The van der Waals surface area contributed by atoms with Gasteiger partial charge in [0.25, 0.3) is 0 Å². The zero-order valence-corrected chi connectivity index (χ0v) is 21.0. The average Bonchev–Trinajstić information content (AvgIpc) is 3.43. The minimum absolute atomic E-state index is 0.0588. The smallest absolute Gasteiger partial charge is 0.319 e. The van der Waals surface area contributed by atoms with Crippen LogP contribution in [0.3, 0.4) is 0 Å². The van der Waals surface area contributed by atoms with Crippen molar-refractivity contribution in [3.05, 3.63) is 35.5 Å². The number of nitrogens with one attached hydrogen (secondary N) is 2. The SMILES string of the molecule is CCNC(=O)Nc1ccc(-c2nc3c(c(N4CCOCC4C)n2)CCN(C(=O)C2CCOC2)C3)cc1. The Morgan fingerprint density at radius 1 is 1.08 bits per heavy atom. The first-order valence-electron chi connectivity index (χ1n) is 12.8. The largest absolute Gasteiger partial charge is 0.381 e. The third kappa shape index (κ3) is 5.15. The molecule has 3 amide bonds. The molecule has 1 aromatic carbocycles. The van der Waals surface area contributed by atoms with Crippen molar-refractivity contribution >= 4 is 23.4 Å². The van der Waals surface area contributed by atoms with Crippen LogP contribution >= 0.6 is 0 Å². The number of amides is 3. The number of hydrogen-bond acceptors (Lipinski definition) is 7.